The van der Waals surface area contributed by atoms with Gasteiger partial charge in [-0.05, 0) is 43.7 Å². The highest BCUT2D eigenvalue weighted by molar-refractivity contribution is 5.27. The van der Waals surface area contributed by atoms with Crippen molar-refractivity contribution in [1.29, 1.82) is 0 Å². The van der Waals surface area contributed by atoms with Crippen LogP contribution in [0.1, 0.15) is 36.2 Å². The molecule has 3 nitrogen and oxygen atoms in total. The number of likely N-dealkylation sites (tertiary alicyclic amines) is 1. The Labute approximate surface area is 108 Å². The van der Waals surface area contributed by atoms with E-state index in [2.05, 4.69) is 17.0 Å². The summed E-state index contributed by atoms with van der Waals surface area (Å²) in [6.45, 7) is 4.17. The van der Waals surface area contributed by atoms with Crippen LogP contribution in [-0.4, -0.2) is 35.2 Å². The van der Waals surface area contributed by atoms with Crippen molar-refractivity contribution in [2.45, 2.75) is 44.2 Å². The van der Waals surface area contributed by atoms with Crippen molar-refractivity contribution in [1.82, 2.24) is 9.88 Å². The maximum atomic E-state index is 5.86. The van der Waals surface area contributed by atoms with Crippen molar-refractivity contribution in [3.63, 3.8) is 0 Å². The number of fused-ring (bicyclic) bond motifs is 1. The van der Waals surface area contributed by atoms with Crippen LogP contribution in [0.15, 0.2) is 12.1 Å². The first-order valence-corrected chi connectivity index (χ1v) is 7.17. The Balaban J connectivity index is 1.41. The van der Waals surface area contributed by atoms with Crippen molar-refractivity contribution in [3.05, 3.63) is 29.1 Å². The number of hydrogen-bond acceptors (Lipinski definition) is 3. The highest BCUT2D eigenvalue weighted by Gasteiger charge is 2.46. The molecule has 18 heavy (non-hydrogen) atoms. The number of pyridine rings is 1. The van der Waals surface area contributed by atoms with Crippen molar-refractivity contribution < 1.29 is 4.74 Å². The van der Waals surface area contributed by atoms with Crippen molar-refractivity contribution >= 4 is 0 Å². The number of aromatic nitrogens is 1. The Morgan fingerprint density at radius 1 is 1.22 bits per heavy atom. The number of hydrogen-bond donors (Lipinski definition) is 0. The average Bonchev–Trinajstić information content (AvgIpc) is 2.95. The van der Waals surface area contributed by atoms with E-state index in [0.29, 0.717) is 0 Å². The van der Waals surface area contributed by atoms with E-state index in [1.54, 1.807) is 0 Å². The molecule has 96 valence electrons. The van der Waals surface area contributed by atoms with Gasteiger partial charge in [-0.1, -0.05) is 6.07 Å². The van der Waals surface area contributed by atoms with Gasteiger partial charge < -0.3 is 4.74 Å². The molecule has 1 spiro atoms. The molecule has 1 aromatic rings. The first kappa shape index (κ1) is 10.9. The quantitative estimate of drug-likeness (QED) is 0.795. The predicted octanol–water partition coefficient (Wildman–Crippen LogP) is 1.94. The molecular weight excluding hydrogens is 224 g/mol. The van der Waals surface area contributed by atoms with Crippen LogP contribution in [0.3, 0.4) is 0 Å². The molecule has 3 heterocycles. The van der Waals surface area contributed by atoms with Crippen LogP contribution in [0, 0.1) is 0 Å². The molecule has 1 aromatic heterocycles. The van der Waals surface area contributed by atoms with Gasteiger partial charge in [0.05, 0.1) is 11.3 Å². The van der Waals surface area contributed by atoms with E-state index in [1.165, 1.54) is 49.1 Å². The van der Waals surface area contributed by atoms with Gasteiger partial charge in [-0.25, -0.2) is 0 Å². The standard InChI is InChI=1S/C15H20N2O/c1-3-12-5-6-13(16-14(12)4-1)9-17-10-15(11-17)7-2-8-18-15/h5-6H,1-4,7-11H2. The van der Waals surface area contributed by atoms with E-state index in [0.717, 1.165) is 26.2 Å². The third kappa shape index (κ3) is 1.77. The highest BCUT2D eigenvalue weighted by Crippen LogP contribution is 2.35. The summed E-state index contributed by atoms with van der Waals surface area (Å²) in [6, 6.07) is 4.50. The van der Waals surface area contributed by atoms with Crippen molar-refractivity contribution in [2.75, 3.05) is 19.7 Å². The minimum atomic E-state index is 0.219. The fraction of sp³-hybridized carbons (Fsp3) is 0.667. The van der Waals surface area contributed by atoms with Gasteiger partial charge in [0.25, 0.3) is 0 Å². The second-order valence-corrected chi connectivity index (χ2v) is 6.04. The molecule has 0 saturated carbocycles. The third-order valence-electron chi connectivity index (χ3n) is 4.58. The Bertz CT molecular complexity index is 458. The summed E-state index contributed by atoms with van der Waals surface area (Å²) in [7, 11) is 0. The lowest BCUT2D eigenvalue weighted by molar-refractivity contribution is -0.114. The molecule has 2 fully saturated rings. The maximum Gasteiger partial charge on any atom is 0.0935 e. The molecule has 0 amide bonds. The van der Waals surface area contributed by atoms with Gasteiger partial charge in [-0.2, -0.15) is 0 Å². The van der Waals surface area contributed by atoms with Crippen LogP contribution in [0.25, 0.3) is 0 Å². The molecule has 0 N–H and O–H groups in total. The molecule has 0 bridgehead atoms. The van der Waals surface area contributed by atoms with Gasteiger partial charge in [0.15, 0.2) is 0 Å². The first-order chi connectivity index (χ1) is 8.83. The van der Waals surface area contributed by atoms with E-state index in [1.807, 2.05) is 0 Å². The van der Waals surface area contributed by atoms with Gasteiger partial charge >= 0.3 is 0 Å². The van der Waals surface area contributed by atoms with Gasteiger partial charge in [0.1, 0.15) is 0 Å². The van der Waals surface area contributed by atoms with E-state index in [4.69, 9.17) is 9.72 Å². The Morgan fingerprint density at radius 2 is 2.17 bits per heavy atom. The lowest BCUT2D eigenvalue weighted by atomic mass is 9.91. The fourth-order valence-electron chi connectivity index (χ4n) is 3.67. The number of aryl methyl sites for hydroxylation is 2. The minimum absolute atomic E-state index is 0.219. The normalized spacial score (nSPS) is 25.3. The third-order valence-corrected chi connectivity index (χ3v) is 4.58. The molecule has 2 aliphatic heterocycles. The number of rotatable bonds is 2. The topological polar surface area (TPSA) is 25.4 Å². The minimum Gasteiger partial charge on any atom is -0.372 e. The largest absolute Gasteiger partial charge is 0.372 e. The smallest absolute Gasteiger partial charge is 0.0935 e. The van der Waals surface area contributed by atoms with Gasteiger partial charge in [-0.3, -0.25) is 9.88 Å². The SMILES string of the molecule is c1cc2c(nc1CN1CC3(CCCO3)C1)CCC2. The van der Waals surface area contributed by atoms with E-state index in [9.17, 15) is 0 Å². The van der Waals surface area contributed by atoms with Gasteiger partial charge in [-0.15, -0.1) is 0 Å². The fourth-order valence-corrected chi connectivity index (χ4v) is 3.67. The number of ether oxygens (including phenoxy) is 1. The molecule has 0 atom stereocenters. The average molecular weight is 244 g/mol. The van der Waals surface area contributed by atoms with Crippen molar-refractivity contribution in [3.8, 4) is 0 Å². The second kappa shape index (κ2) is 4.04. The molecule has 1 aliphatic carbocycles. The van der Waals surface area contributed by atoms with E-state index < -0.39 is 0 Å². The Morgan fingerprint density at radius 3 is 3.00 bits per heavy atom. The van der Waals surface area contributed by atoms with Crippen LogP contribution in [0.4, 0.5) is 0 Å². The zero-order valence-corrected chi connectivity index (χ0v) is 10.8. The van der Waals surface area contributed by atoms with Crippen LogP contribution in [-0.2, 0) is 24.1 Å². The summed E-state index contributed by atoms with van der Waals surface area (Å²) in [6.07, 6.45) is 6.18. The lowest BCUT2D eigenvalue weighted by Crippen LogP contribution is -2.60. The lowest BCUT2D eigenvalue weighted by Gasteiger charge is -2.47. The molecule has 0 unspecified atom stereocenters. The van der Waals surface area contributed by atoms with Crippen LogP contribution >= 0.6 is 0 Å². The number of nitrogens with zero attached hydrogens (tertiary/aromatic N) is 2. The summed E-state index contributed by atoms with van der Waals surface area (Å²) < 4.78 is 5.86. The molecule has 0 aromatic carbocycles. The summed E-state index contributed by atoms with van der Waals surface area (Å²) in [5.74, 6) is 0. The van der Waals surface area contributed by atoms with E-state index in [-0.39, 0.29) is 5.60 Å². The predicted molar refractivity (Wildman–Crippen MR) is 69.5 cm³/mol. The Kier molecular flexibility index (Phi) is 2.45. The Hall–Kier alpha value is -0.930. The summed E-state index contributed by atoms with van der Waals surface area (Å²) >= 11 is 0. The zero-order chi connectivity index (χ0) is 12.0. The summed E-state index contributed by atoms with van der Waals surface area (Å²) in [4.78, 5) is 7.27. The zero-order valence-electron chi connectivity index (χ0n) is 10.8. The van der Waals surface area contributed by atoms with E-state index >= 15 is 0 Å². The second-order valence-electron chi connectivity index (χ2n) is 6.04. The highest BCUT2D eigenvalue weighted by atomic mass is 16.5. The molecular formula is C15H20N2O. The molecule has 2 saturated heterocycles. The summed E-state index contributed by atoms with van der Waals surface area (Å²) in [5, 5.41) is 0. The van der Waals surface area contributed by atoms with Crippen LogP contribution < -0.4 is 0 Å². The molecule has 4 rings (SSSR count). The van der Waals surface area contributed by atoms with Crippen molar-refractivity contribution in [2.24, 2.45) is 0 Å². The first-order valence-electron chi connectivity index (χ1n) is 7.17. The van der Waals surface area contributed by atoms with Gasteiger partial charge in [0, 0.05) is 31.9 Å². The summed E-state index contributed by atoms with van der Waals surface area (Å²) in [5.41, 5.74) is 4.28. The van der Waals surface area contributed by atoms with Crippen LogP contribution in [0.5, 0.6) is 0 Å². The van der Waals surface area contributed by atoms with Crippen LogP contribution in [0.2, 0.25) is 0 Å². The molecule has 3 aliphatic rings. The monoisotopic (exact) mass is 244 g/mol. The maximum absolute atomic E-state index is 5.86. The van der Waals surface area contributed by atoms with Gasteiger partial charge in [0.2, 0.25) is 0 Å². The molecule has 0 radical (unpaired) electrons. The molecule has 3 heteroatoms.